The van der Waals surface area contributed by atoms with Crippen LogP contribution < -0.4 is 10.3 Å². The molecular formula is C18H17BrN4O3. The van der Waals surface area contributed by atoms with Gasteiger partial charge in [0.1, 0.15) is 0 Å². The largest absolute Gasteiger partial charge is 0.371 e. The van der Waals surface area contributed by atoms with E-state index in [0.717, 1.165) is 31.6 Å². The van der Waals surface area contributed by atoms with Gasteiger partial charge in [-0.1, -0.05) is 12.1 Å². The zero-order valence-corrected chi connectivity index (χ0v) is 15.5. The Balaban J connectivity index is 1.81. The Kier molecular flexibility index (Phi) is 5.62. The van der Waals surface area contributed by atoms with E-state index in [1.807, 2.05) is 6.07 Å². The van der Waals surface area contributed by atoms with E-state index in [4.69, 9.17) is 0 Å². The van der Waals surface area contributed by atoms with Gasteiger partial charge in [-0.15, -0.1) is 0 Å². The fourth-order valence-electron chi connectivity index (χ4n) is 2.87. The summed E-state index contributed by atoms with van der Waals surface area (Å²) < 4.78 is 0.667. The van der Waals surface area contributed by atoms with Crippen molar-refractivity contribution in [1.82, 2.24) is 5.43 Å². The van der Waals surface area contributed by atoms with Gasteiger partial charge in [-0.25, -0.2) is 5.43 Å². The van der Waals surface area contributed by atoms with Crippen LogP contribution in [0.15, 0.2) is 52.0 Å². The number of amides is 1. The molecule has 1 aliphatic rings. The molecule has 134 valence electrons. The number of hydrogen-bond acceptors (Lipinski definition) is 5. The van der Waals surface area contributed by atoms with Crippen LogP contribution in [0.1, 0.15) is 28.8 Å². The van der Waals surface area contributed by atoms with Crippen LogP contribution in [0, 0.1) is 10.1 Å². The van der Waals surface area contributed by atoms with E-state index in [1.165, 1.54) is 18.3 Å². The maximum Gasteiger partial charge on any atom is 0.272 e. The van der Waals surface area contributed by atoms with Gasteiger partial charge < -0.3 is 4.90 Å². The second-order valence-corrected chi connectivity index (χ2v) is 6.73. The summed E-state index contributed by atoms with van der Waals surface area (Å²) >= 11 is 3.32. The van der Waals surface area contributed by atoms with Crippen LogP contribution in [0.3, 0.4) is 0 Å². The summed E-state index contributed by atoms with van der Waals surface area (Å²) in [6.07, 6.45) is 3.63. The number of anilines is 1. The Labute approximate surface area is 159 Å². The van der Waals surface area contributed by atoms with Gasteiger partial charge >= 0.3 is 0 Å². The van der Waals surface area contributed by atoms with E-state index in [2.05, 4.69) is 31.4 Å². The highest BCUT2D eigenvalue weighted by Crippen LogP contribution is 2.27. The number of hydrogen-bond donors (Lipinski definition) is 1. The maximum absolute atomic E-state index is 12.2. The first-order chi connectivity index (χ1) is 12.6. The lowest BCUT2D eigenvalue weighted by molar-refractivity contribution is -0.384. The number of benzene rings is 2. The van der Waals surface area contributed by atoms with Crippen molar-refractivity contribution in [2.75, 3.05) is 18.0 Å². The number of rotatable bonds is 5. The third-order valence-electron chi connectivity index (χ3n) is 4.16. The lowest BCUT2D eigenvalue weighted by Crippen LogP contribution is -2.20. The molecule has 1 amide bonds. The van der Waals surface area contributed by atoms with Crippen molar-refractivity contribution in [2.45, 2.75) is 12.8 Å². The number of nitrogens with zero attached hydrogens (tertiary/aromatic N) is 3. The van der Waals surface area contributed by atoms with Gasteiger partial charge in [0.05, 0.1) is 16.7 Å². The summed E-state index contributed by atoms with van der Waals surface area (Å²) in [5.74, 6) is -0.359. The Hall–Kier alpha value is -2.74. The number of nitrogens with one attached hydrogen (secondary N) is 1. The van der Waals surface area contributed by atoms with Crippen molar-refractivity contribution in [2.24, 2.45) is 5.10 Å². The minimum atomic E-state index is -0.440. The molecule has 0 spiro atoms. The molecule has 2 aromatic carbocycles. The third kappa shape index (κ3) is 4.08. The molecular weight excluding hydrogens is 400 g/mol. The smallest absolute Gasteiger partial charge is 0.272 e. The van der Waals surface area contributed by atoms with Crippen molar-refractivity contribution in [3.63, 3.8) is 0 Å². The number of carbonyl (C=O) groups is 1. The number of halogens is 1. The minimum Gasteiger partial charge on any atom is -0.371 e. The van der Waals surface area contributed by atoms with Crippen LogP contribution in [-0.4, -0.2) is 30.1 Å². The molecule has 1 aliphatic heterocycles. The SMILES string of the molecule is O=C(N/N=C/c1cc([N+](=O)[O-])ccc1N1CCCC1)c1ccccc1Br. The van der Waals surface area contributed by atoms with Crippen LogP contribution in [-0.2, 0) is 0 Å². The number of non-ortho nitro benzene ring substituents is 1. The van der Waals surface area contributed by atoms with E-state index < -0.39 is 4.92 Å². The molecule has 1 N–H and O–H groups in total. The Morgan fingerprint density at radius 2 is 1.96 bits per heavy atom. The van der Waals surface area contributed by atoms with Gasteiger partial charge in [0.15, 0.2) is 0 Å². The highest BCUT2D eigenvalue weighted by atomic mass is 79.9. The molecule has 1 heterocycles. The highest BCUT2D eigenvalue weighted by Gasteiger charge is 2.18. The summed E-state index contributed by atoms with van der Waals surface area (Å²) in [5, 5.41) is 15.1. The van der Waals surface area contributed by atoms with Crippen molar-refractivity contribution in [3.05, 3.63) is 68.2 Å². The molecule has 8 heteroatoms. The molecule has 7 nitrogen and oxygen atoms in total. The van der Waals surface area contributed by atoms with Crippen LogP contribution in [0.4, 0.5) is 11.4 Å². The van der Waals surface area contributed by atoms with Gasteiger partial charge in [0, 0.05) is 40.9 Å². The predicted octanol–water partition coefficient (Wildman–Crippen LogP) is 3.72. The molecule has 1 saturated heterocycles. The number of nitro benzene ring substituents is 1. The number of hydrazone groups is 1. The molecule has 0 saturated carbocycles. The normalized spacial score (nSPS) is 14.0. The van der Waals surface area contributed by atoms with E-state index in [-0.39, 0.29) is 11.6 Å². The topological polar surface area (TPSA) is 87.8 Å². The fraction of sp³-hybridized carbons (Fsp3) is 0.222. The lowest BCUT2D eigenvalue weighted by atomic mass is 10.1. The standard InChI is InChI=1S/C18H17BrN4O3/c19-16-6-2-1-5-15(16)18(24)21-20-12-13-11-14(23(25)26)7-8-17(13)22-9-3-4-10-22/h1-2,5-8,11-12H,3-4,9-10H2,(H,21,24)/b20-12+. The summed E-state index contributed by atoms with van der Waals surface area (Å²) in [7, 11) is 0. The highest BCUT2D eigenvalue weighted by molar-refractivity contribution is 9.10. The lowest BCUT2D eigenvalue weighted by Gasteiger charge is -2.19. The van der Waals surface area contributed by atoms with E-state index in [0.29, 0.717) is 15.6 Å². The van der Waals surface area contributed by atoms with Gasteiger partial charge in [-0.3, -0.25) is 14.9 Å². The van der Waals surface area contributed by atoms with Gasteiger partial charge in [0.2, 0.25) is 0 Å². The van der Waals surface area contributed by atoms with E-state index in [9.17, 15) is 14.9 Å². The van der Waals surface area contributed by atoms with Crippen LogP contribution in [0.2, 0.25) is 0 Å². The molecule has 0 radical (unpaired) electrons. The van der Waals surface area contributed by atoms with Crippen LogP contribution in [0.5, 0.6) is 0 Å². The predicted molar refractivity (Wildman–Crippen MR) is 104 cm³/mol. The Bertz CT molecular complexity index is 863. The average molecular weight is 417 g/mol. The Morgan fingerprint density at radius 3 is 2.65 bits per heavy atom. The Morgan fingerprint density at radius 1 is 1.23 bits per heavy atom. The molecule has 26 heavy (non-hydrogen) atoms. The summed E-state index contributed by atoms with van der Waals surface area (Å²) in [4.78, 5) is 25.0. The second kappa shape index (κ2) is 8.09. The maximum atomic E-state index is 12.2. The van der Waals surface area contributed by atoms with Gasteiger partial charge in [-0.05, 0) is 47.0 Å². The fourth-order valence-corrected chi connectivity index (χ4v) is 3.34. The molecule has 0 aliphatic carbocycles. The first-order valence-corrected chi connectivity index (χ1v) is 8.97. The second-order valence-electron chi connectivity index (χ2n) is 5.87. The minimum absolute atomic E-state index is 0.00785. The summed E-state index contributed by atoms with van der Waals surface area (Å²) in [6, 6.07) is 11.7. The molecule has 1 fully saturated rings. The van der Waals surface area contributed by atoms with E-state index in [1.54, 1.807) is 24.3 Å². The monoisotopic (exact) mass is 416 g/mol. The number of carbonyl (C=O) groups excluding carboxylic acids is 1. The van der Waals surface area contributed by atoms with Crippen molar-refractivity contribution in [3.8, 4) is 0 Å². The first kappa shape index (κ1) is 18.1. The van der Waals surface area contributed by atoms with Crippen molar-refractivity contribution >= 4 is 39.4 Å². The number of nitro groups is 1. The molecule has 3 rings (SSSR count). The quantitative estimate of drug-likeness (QED) is 0.456. The van der Waals surface area contributed by atoms with Crippen LogP contribution >= 0.6 is 15.9 Å². The summed E-state index contributed by atoms with van der Waals surface area (Å²) in [6.45, 7) is 1.81. The van der Waals surface area contributed by atoms with Gasteiger partial charge in [0.25, 0.3) is 11.6 Å². The molecule has 0 bridgehead atoms. The van der Waals surface area contributed by atoms with Crippen LogP contribution in [0.25, 0.3) is 0 Å². The van der Waals surface area contributed by atoms with Crippen molar-refractivity contribution < 1.29 is 9.72 Å². The molecule has 2 aromatic rings. The zero-order valence-electron chi connectivity index (χ0n) is 13.9. The molecule has 0 atom stereocenters. The average Bonchev–Trinajstić information content (AvgIpc) is 3.16. The van der Waals surface area contributed by atoms with Crippen molar-refractivity contribution in [1.29, 1.82) is 0 Å². The summed E-state index contributed by atoms with van der Waals surface area (Å²) in [5.41, 5.74) is 4.41. The first-order valence-electron chi connectivity index (χ1n) is 8.17. The zero-order chi connectivity index (χ0) is 18.5. The van der Waals surface area contributed by atoms with E-state index >= 15 is 0 Å². The molecule has 0 aromatic heterocycles. The molecule has 0 unspecified atom stereocenters. The van der Waals surface area contributed by atoms with Gasteiger partial charge in [-0.2, -0.15) is 5.10 Å². The third-order valence-corrected chi connectivity index (χ3v) is 4.85.